The Morgan fingerprint density at radius 2 is 1.84 bits per heavy atom. The zero-order valence-corrected chi connectivity index (χ0v) is 14.8. The van der Waals surface area contributed by atoms with Crippen LogP contribution in [0.4, 0.5) is 14.9 Å². The van der Waals surface area contributed by atoms with Crippen molar-refractivity contribution in [2.75, 3.05) is 55.8 Å². The van der Waals surface area contributed by atoms with Crippen LogP contribution >= 0.6 is 11.8 Å². The van der Waals surface area contributed by atoms with E-state index in [9.17, 15) is 14.0 Å². The Morgan fingerprint density at radius 3 is 2.56 bits per heavy atom. The molecule has 1 aromatic carbocycles. The number of hydrogen-bond donors (Lipinski definition) is 0. The molecule has 3 saturated heterocycles. The number of anilines is 1. The summed E-state index contributed by atoms with van der Waals surface area (Å²) < 4.78 is 13.9. The van der Waals surface area contributed by atoms with E-state index in [4.69, 9.17) is 0 Å². The van der Waals surface area contributed by atoms with Crippen molar-refractivity contribution in [3.05, 3.63) is 30.1 Å². The SMILES string of the molecule is O=C1C2CSCN2C(=O)N1CCN1CCN(c2ccccc2F)CC1. The first-order valence-electron chi connectivity index (χ1n) is 8.57. The first kappa shape index (κ1) is 16.7. The number of halogens is 1. The average molecular weight is 364 g/mol. The Balaban J connectivity index is 1.29. The monoisotopic (exact) mass is 364 g/mol. The molecule has 3 heterocycles. The van der Waals surface area contributed by atoms with E-state index in [1.54, 1.807) is 28.8 Å². The van der Waals surface area contributed by atoms with Crippen LogP contribution in [-0.2, 0) is 4.79 Å². The molecular weight excluding hydrogens is 343 g/mol. The molecule has 0 aromatic heterocycles. The number of carbonyl (C=O) groups is 2. The second-order valence-electron chi connectivity index (χ2n) is 6.54. The standard InChI is InChI=1S/C17H21FN4O2S/c18-13-3-1-2-4-14(13)20-8-5-19(6-9-20)7-10-21-16(23)15-11-25-12-22(15)17(21)24/h1-4,15H,5-12H2. The maximum absolute atomic E-state index is 13.9. The van der Waals surface area contributed by atoms with E-state index in [0.717, 1.165) is 26.2 Å². The molecule has 0 saturated carbocycles. The summed E-state index contributed by atoms with van der Waals surface area (Å²) in [6.07, 6.45) is 0. The number of imide groups is 1. The van der Waals surface area contributed by atoms with Crippen molar-refractivity contribution >= 4 is 29.4 Å². The van der Waals surface area contributed by atoms with E-state index in [2.05, 4.69) is 4.90 Å². The predicted octanol–water partition coefficient (Wildman–Crippen LogP) is 1.28. The van der Waals surface area contributed by atoms with Crippen LogP contribution in [0.5, 0.6) is 0 Å². The van der Waals surface area contributed by atoms with Crippen molar-refractivity contribution in [2.45, 2.75) is 6.04 Å². The maximum Gasteiger partial charge on any atom is 0.328 e. The van der Waals surface area contributed by atoms with E-state index in [1.807, 2.05) is 11.0 Å². The lowest BCUT2D eigenvalue weighted by atomic mass is 10.2. The quantitative estimate of drug-likeness (QED) is 0.754. The summed E-state index contributed by atoms with van der Waals surface area (Å²) in [4.78, 5) is 32.0. The Hall–Kier alpha value is -1.80. The van der Waals surface area contributed by atoms with Gasteiger partial charge in [-0.05, 0) is 12.1 Å². The van der Waals surface area contributed by atoms with Gasteiger partial charge in [0.2, 0.25) is 0 Å². The first-order chi connectivity index (χ1) is 12.1. The third kappa shape index (κ3) is 3.08. The highest BCUT2D eigenvalue weighted by Gasteiger charge is 2.47. The van der Waals surface area contributed by atoms with Crippen LogP contribution < -0.4 is 4.90 Å². The minimum Gasteiger partial charge on any atom is -0.367 e. The number of rotatable bonds is 4. The van der Waals surface area contributed by atoms with Crippen LogP contribution in [0.15, 0.2) is 24.3 Å². The zero-order valence-electron chi connectivity index (χ0n) is 13.9. The van der Waals surface area contributed by atoms with E-state index >= 15 is 0 Å². The number of para-hydroxylation sites is 1. The fourth-order valence-electron chi connectivity index (χ4n) is 3.63. The minimum absolute atomic E-state index is 0.0556. The van der Waals surface area contributed by atoms with Crippen LogP contribution in [0.25, 0.3) is 0 Å². The molecule has 1 atom stereocenters. The maximum atomic E-state index is 13.9. The minimum atomic E-state index is -0.254. The van der Waals surface area contributed by atoms with Crippen molar-refractivity contribution in [3.8, 4) is 0 Å². The predicted molar refractivity (Wildman–Crippen MR) is 95.1 cm³/mol. The van der Waals surface area contributed by atoms with Gasteiger partial charge in [-0.3, -0.25) is 14.6 Å². The molecule has 0 N–H and O–H groups in total. The molecule has 0 spiro atoms. The van der Waals surface area contributed by atoms with Gasteiger partial charge in [0.15, 0.2) is 0 Å². The summed E-state index contributed by atoms with van der Waals surface area (Å²) in [5.74, 6) is 1.08. The fourth-order valence-corrected chi connectivity index (χ4v) is 4.77. The van der Waals surface area contributed by atoms with Crippen LogP contribution in [0.2, 0.25) is 0 Å². The third-order valence-electron chi connectivity index (χ3n) is 5.12. The number of piperazine rings is 1. The number of fused-ring (bicyclic) bond motifs is 1. The molecule has 0 radical (unpaired) electrons. The highest BCUT2D eigenvalue weighted by atomic mass is 32.2. The molecule has 134 valence electrons. The summed E-state index contributed by atoms with van der Waals surface area (Å²) >= 11 is 1.63. The molecule has 1 unspecified atom stereocenters. The van der Waals surface area contributed by atoms with E-state index < -0.39 is 0 Å². The molecule has 3 amide bonds. The van der Waals surface area contributed by atoms with Crippen LogP contribution in [-0.4, -0.2) is 83.6 Å². The molecule has 3 fully saturated rings. The van der Waals surface area contributed by atoms with Crippen LogP contribution in [0.3, 0.4) is 0 Å². The van der Waals surface area contributed by atoms with Gasteiger partial charge in [0.05, 0.1) is 11.6 Å². The summed E-state index contributed by atoms with van der Waals surface area (Å²) in [6.45, 7) is 4.20. The Morgan fingerprint density at radius 1 is 1.08 bits per heavy atom. The van der Waals surface area contributed by atoms with Crippen molar-refractivity contribution in [1.29, 1.82) is 0 Å². The third-order valence-corrected chi connectivity index (χ3v) is 6.13. The highest BCUT2D eigenvalue weighted by molar-refractivity contribution is 7.99. The van der Waals surface area contributed by atoms with Crippen LogP contribution in [0, 0.1) is 5.82 Å². The number of hydrogen-bond acceptors (Lipinski definition) is 5. The normalized spacial score (nSPS) is 24.4. The van der Waals surface area contributed by atoms with Gasteiger partial charge in [-0.1, -0.05) is 12.1 Å². The topological polar surface area (TPSA) is 47.1 Å². The van der Waals surface area contributed by atoms with Crippen molar-refractivity contribution in [2.24, 2.45) is 0 Å². The smallest absolute Gasteiger partial charge is 0.328 e. The van der Waals surface area contributed by atoms with Gasteiger partial charge in [0.25, 0.3) is 5.91 Å². The zero-order chi connectivity index (χ0) is 17.4. The van der Waals surface area contributed by atoms with Gasteiger partial charge in [-0.2, -0.15) is 0 Å². The number of thioether (sulfide) groups is 1. The first-order valence-corrected chi connectivity index (χ1v) is 9.72. The molecule has 0 aliphatic carbocycles. The molecular formula is C17H21FN4O2S. The summed E-state index contributed by atoms with van der Waals surface area (Å²) in [6, 6.07) is 6.43. The number of carbonyl (C=O) groups excluding carboxylic acids is 2. The highest BCUT2D eigenvalue weighted by Crippen LogP contribution is 2.29. The van der Waals surface area contributed by atoms with Crippen molar-refractivity contribution in [1.82, 2.24) is 14.7 Å². The van der Waals surface area contributed by atoms with Gasteiger partial charge < -0.3 is 9.80 Å². The summed E-state index contributed by atoms with van der Waals surface area (Å²) in [5, 5.41) is 0. The molecule has 1 aromatic rings. The molecule has 6 nitrogen and oxygen atoms in total. The second kappa shape index (κ2) is 6.84. The summed E-state index contributed by atoms with van der Waals surface area (Å²) in [5.41, 5.74) is 0.644. The van der Waals surface area contributed by atoms with Gasteiger partial charge in [0.1, 0.15) is 11.9 Å². The Bertz CT molecular complexity index is 658. The van der Waals surface area contributed by atoms with Gasteiger partial charge >= 0.3 is 6.03 Å². The largest absolute Gasteiger partial charge is 0.367 e. The van der Waals surface area contributed by atoms with E-state index in [-0.39, 0.29) is 23.8 Å². The van der Waals surface area contributed by atoms with Gasteiger partial charge in [-0.15, -0.1) is 11.8 Å². The summed E-state index contributed by atoms with van der Waals surface area (Å²) in [7, 11) is 0. The lowest BCUT2D eigenvalue weighted by Crippen LogP contribution is -2.49. The molecule has 0 bridgehead atoms. The molecule has 8 heteroatoms. The number of benzene rings is 1. The average Bonchev–Trinajstić information content (AvgIpc) is 3.19. The lowest BCUT2D eigenvalue weighted by molar-refractivity contribution is -0.127. The molecule has 25 heavy (non-hydrogen) atoms. The molecule has 3 aliphatic heterocycles. The van der Waals surface area contributed by atoms with Crippen molar-refractivity contribution in [3.63, 3.8) is 0 Å². The van der Waals surface area contributed by atoms with Gasteiger partial charge in [0, 0.05) is 45.0 Å². The number of urea groups is 1. The molecule has 3 aliphatic rings. The van der Waals surface area contributed by atoms with E-state index in [1.165, 1.54) is 11.0 Å². The van der Waals surface area contributed by atoms with E-state index in [0.29, 0.717) is 30.4 Å². The number of amides is 3. The number of nitrogens with zero attached hydrogens (tertiary/aromatic N) is 4. The Kier molecular flexibility index (Phi) is 4.56. The lowest BCUT2D eigenvalue weighted by Gasteiger charge is -2.36. The van der Waals surface area contributed by atoms with Gasteiger partial charge in [-0.25, -0.2) is 9.18 Å². The Labute approximate surface area is 150 Å². The fraction of sp³-hybridized carbons (Fsp3) is 0.529. The van der Waals surface area contributed by atoms with Crippen LogP contribution in [0.1, 0.15) is 0 Å². The molecule has 4 rings (SSSR count). The second-order valence-corrected chi connectivity index (χ2v) is 7.54. The van der Waals surface area contributed by atoms with Crippen molar-refractivity contribution < 1.29 is 14.0 Å².